The van der Waals surface area contributed by atoms with Crippen LogP contribution in [0.2, 0.25) is 0 Å². The molecule has 2 aromatic heterocycles. The lowest BCUT2D eigenvalue weighted by Crippen LogP contribution is -2.11. The number of hydrogen-bond donors (Lipinski definition) is 2. The molecule has 8 nitrogen and oxygen atoms in total. The van der Waals surface area contributed by atoms with E-state index in [2.05, 4.69) is 15.3 Å². The highest BCUT2D eigenvalue weighted by molar-refractivity contribution is 7.14. The van der Waals surface area contributed by atoms with Crippen LogP contribution in [0.4, 0.5) is 5.13 Å². The molecule has 34 heavy (non-hydrogen) atoms. The molecule has 0 aliphatic carbocycles. The first kappa shape index (κ1) is 23.4. The number of amides is 1. The van der Waals surface area contributed by atoms with E-state index in [0.717, 1.165) is 22.5 Å². The molecule has 2 N–H and O–H groups in total. The summed E-state index contributed by atoms with van der Waals surface area (Å²) in [7, 11) is 1.54. The molecule has 0 unspecified atom stereocenters. The molecular formula is C25H25N3O5S. The number of fused-ring (bicyclic) bond motifs is 1. The second kappa shape index (κ2) is 10.0. The number of phenols is 1. The number of carbonyl (C=O) groups excluding carboxylic acids is 2. The van der Waals surface area contributed by atoms with Crippen molar-refractivity contribution in [2.24, 2.45) is 0 Å². The first-order chi connectivity index (χ1) is 16.4. The third-order valence-corrected chi connectivity index (χ3v) is 6.48. The molecule has 1 amide bonds. The fourth-order valence-electron chi connectivity index (χ4n) is 3.86. The van der Waals surface area contributed by atoms with Crippen molar-refractivity contribution in [3.63, 3.8) is 0 Å². The predicted octanol–water partition coefficient (Wildman–Crippen LogP) is 4.81. The summed E-state index contributed by atoms with van der Waals surface area (Å²) in [5.74, 6) is -0.213. The average Bonchev–Trinajstić information content (AvgIpc) is 3.46. The second-order valence-electron chi connectivity index (χ2n) is 7.97. The molecule has 0 saturated carbocycles. The molecule has 1 aromatic carbocycles. The van der Waals surface area contributed by atoms with E-state index in [0.29, 0.717) is 41.3 Å². The lowest BCUT2D eigenvalue weighted by Gasteiger charge is -2.15. The van der Waals surface area contributed by atoms with E-state index in [1.807, 2.05) is 43.5 Å². The summed E-state index contributed by atoms with van der Waals surface area (Å²) in [6.45, 7) is 3.91. The van der Waals surface area contributed by atoms with Crippen LogP contribution in [0.25, 0.3) is 11.4 Å². The molecule has 3 aromatic rings. The number of nitrogens with zero attached hydrogens (tertiary/aromatic N) is 2. The van der Waals surface area contributed by atoms with E-state index < -0.39 is 5.97 Å². The summed E-state index contributed by atoms with van der Waals surface area (Å²) in [5.41, 5.74) is 4.65. The molecule has 0 fully saturated rings. The van der Waals surface area contributed by atoms with Crippen LogP contribution < -0.4 is 10.1 Å². The number of carbonyl (C=O) groups is 2. The Labute approximate surface area is 201 Å². The largest absolute Gasteiger partial charge is 0.507 e. The molecule has 0 bridgehead atoms. The van der Waals surface area contributed by atoms with E-state index in [-0.39, 0.29) is 23.8 Å². The Morgan fingerprint density at radius 2 is 2.15 bits per heavy atom. The number of pyridine rings is 1. The number of nitrogens with one attached hydrogen (secondary N) is 1. The zero-order chi connectivity index (χ0) is 24.2. The molecule has 0 spiro atoms. The van der Waals surface area contributed by atoms with Gasteiger partial charge in [0, 0.05) is 29.1 Å². The van der Waals surface area contributed by atoms with Crippen molar-refractivity contribution in [3.8, 4) is 22.9 Å². The first-order valence-electron chi connectivity index (χ1n) is 10.8. The number of hydrogen-bond acceptors (Lipinski definition) is 8. The minimum absolute atomic E-state index is 0.103. The van der Waals surface area contributed by atoms with Crippen LogP contribution in [-0.2, 0) is 22.6 Å². The molecule has 9 heteroatoms. The summed E-state index contributed by atoms with van der Waals surface area (Å²) in [6.07, 6.45) is 4.83. The number of aromatic nitrogens is 2. The number of allylic oxidation sites excluding steroid dienone is 2. The molecule has 4 rings (SSSR count). The second-order valence-corrected chi connectivity index (χ2v) is 8.83. The number of anilines is 1. The highest BCUT2D eigenvalue weighted by Gasteiger charge is 2.31. The van der Waals surface area contributed by atoms with Crippen LogP contribution in [0, 0.1) is 6.92 Å². The predicted molar refractivity (Wildman–Crippen MR) is 129 cm³/mol. The van der Waals surface area contributed by atoms with Crippen LogP contribution in [-0.4, -0.2) is 34.1 Å². The number of phenolic OH excluding ortho intramolecular Hbond substituents is 1. The molecule has 0 radical (unpaired) electrons. The van der Waals surface area contributed by atoms with Gasteiger partial charge in [-0.15, -0.1) is 11.3 Å². The third-order valence-electron chi connectivity index (χ3n) is 5.73. The SMILES string of the molecule is COc1c(C)c2c(c(O)c1CC=C(C)CCC(=O)Nc1nc(-c3ccccn3)cs1)C(=O)OC2. The molecule has 1 aliphatic rings. The zero-order valence-corrected chi connectivity index (χ0v) is 20.0. The van der Waals surface area contributed by atoms with Gasteiger partial charge in [0.05, 0.1) is 12.8 Å². The lowest BCUT2D eigenvalue weighted by molar-refractivity contribution is -0.116. The highest BCUT2D eigenvalue weighted by Crippen LogP contribution is 2.42. The Bertz CT molecular complexity index is 1270. The van der Waals surface area contributed by atoms with Crippen molar-refractivity contribution in [2.75, 3.05) is 12.4 Å². The molecular weight excluding hydrogens is 454 g/mol. The van der Waals surface area contributed by atoms with Gasteiger partial charge in [0.2, 0.25) is 5.91 Å². The van der Waals surface area contributed by atoms with E-state index in [9.17, 15) is 14.7 Å². The standard InChI is InChI=1S/C25H25N3O5S/c1-14(7-9-16-22(30)21-17(12-33-24(21)31)15(2)23(16)32-3)8-10-20(29)28-25-27-19(13-34-25)18-6-4-5-11-26-18/h4-7,11,13,30H,8-10,12H2,1-3H3,(H,27,28,29). The third kappa shape index (κ3) is 4.79. The van der Waals surface area contributed by atoms with Crippen molar-refractivity contribution in [1.29, 1.82) is 0 Å². The zero-order valence-electron chi connectivity index (χ0n) is 19.2. The van der Waals surface area contributed by atoms with Crippen molar-refractivity contribution in [3.05, 3.63) is 63.7 Å². The van der Waals surface area contributed by atoms with Crippen LogP contribution >= 0.6 is 11.3 Å². The summed E-state index contributed by atoms with van der Waals surface area (Å²) in [6, 6.07) is 5.60. The number of aromatic hydroxyl groups is 1. The Hall–Kier alpha value is -3.72. The van der Waals surface area contributed by atoms with E-state index >= 15 is 0 Å². The maximum atomic E-state index is 12.4. The van der Waals surface area contributed by atoms with Gasteiger partial charge in [0.1, 0.15) is 29.4 Å². The quantitative estimate of drug-likeness (QED) is 0.352. The van der Waals surface area contributed by atoms with Crippen LogP contribution in [0.5, 0.6) is 11.5 Å². The lowest BCUT2D eigenvalue weighted by atomic mass is 9.94. The number of ether oxygens (including phenoxy) is 2. The van der Waals surface area contributed by atoms with Gasteiger partial charge in [0.15, 0.2) is 5.13 Å². The number of rotatable bonds is 8. The van der Waals surface area contributed by atoms with Gasteiger partial charge in [-0.05, 0) is 44.4 Å². The van der Waals surface area contributed by atoms with Gasteiger partial charge >= 0.3 is 5.97 Å². The van der Waals surface area contributed by atoms with Crippen molar-refractivity contribution >= 4 is 28.3 Å². The fourth-order valence-corrected chi connectivity index (χ4v) is 4.58. The summed E-state index contributed by atoms with van der Waals surface area (Å²) < 4.78 is 10.6. The van der Waals surface area contributed by atoms with E-state index in [1.54, 1.807) is 6.20 Å². The number of benzene rings is 1. The van der Waals surface area contributed by atoms with Gasteiger partial charge in [0.25, 0.3) is 0 Å². The average molecular weight is 480 g/mol. The van der Waals surface area contributed by atoms with Crippen molar-refractivity contribution in [2.45, 2.75) is 39.7 Å². The highest BCUT2D eigenvalue weighted by atomic mass is 32.1. The van der Waals surface area contributed by atoms with Crippen molar-refractivity contribution < 1.29 is 24.2 Å². The monoisotopic (exact) mass is 479 g/mol. The van der Waals surface area contributed by atoms with E-state index in [1.165, 1.54) is 18.4 Å². The molecule has 0 atom stereocenters. The van der Waals surface area contributed by atoms with Gasteiger partial charge < -0.3 is 19.9 Å². The molecule has 1 aliphatic heterocycles. The summed E-state index contributed by atoms with van der Waals surface area (Å²) >= 11 is 1.35. The topological polar surface area (TPSA) is 111 Å². The number of esters is 1. The Morgan fingerprint density at radius 3 is 2.88 bits per heavy atom. The van der Waals surface area contributed by atoms with Crippen LogP contribution in [0.3, 0.4) is 0 Å². The molecule has 0 saturated heterocycles. The molecule has 3 heterocycles. The van der Waals surface area contributed by atoms with Crippen molar-refractivity contribution in [1.82, 2.24) is 9.97 Å². The maximum Gasteiger partial charge on any atom is 0.342 e. The minimum Gasteiger partial charge on any atom is -0.507 e. The first-order valence-corrected chi connectivity index (χ1v) is 11.7. The Morgan fingerprint density at radius 1 is 1.32 bits per heavy atom. The Balaban J connectivity index is 1.38. The minimum atomic E-state index is -0.523. The summed E-state index contributed by atoms with van der Waals surface area (Å²) in [4.78, 5) is 33.1. The van der Waals surface area contributed by atoms with Crippen LogP contribution in [0.1, 0.15) is 46.8 Å². The van der Waals surface area contributed by atoms with Gasteiger partial charge in [-0.1, -0.05) is 17.7 Å². The maximum absolute atomic E-state index is 12.4. The van der Waals surface area contributed by atoms with Gasteiger partial charge in [-0.3, -0.25) is 9.78 Å². The smallest absolute Gasteiger partial charge is 0.342 e. The number of cyclic esters (lactones) is 1. The van der Waals surface area contributed by atoms with E-state index in [4.69, 9.17) is 9.47 Å². The normalized spacial score (nSPS) is 12.9. The number of thiazole rings is 1. The molecule has 176 valence electrons. The Kier molecular flexibility index (Phi) is 6.93. The summed E-state index contributed by atoms with van der Waals surface area (Å²) in [5, 5.41) is 15.9. The fraction of sp³-hybridized carbons (Fsp3) is 0.280. The van der Waals surface area contributed by atoms with Gasteiger partial charge in [-0.2, -0.15) is 0 Å². The number of methoxy groups -OCH3 is 1. The van der Waals surface area contributed by atoms with Gasteiger partial charge in [-0.25, -0.2) is 9.78 Å². The van der Waals surface area contributed by atoms with Crippen LogP contribution in [0.15, 0.2) is 41.4 Å².